The molecule has 0 aliphatic carbocycles. The van der Waals surface area contributed by atoms with Gasteiger partial charge in [0.05, 0.1) is 4.92 Å². The van der Waals surface area contributed by atoms with Crippen molar-refractivity contribution in [3.05, 3.63) is 64.2 Å². The standard InChI is InChI=1S/C18H19N3O4/c1-18(2,3)17(23)19-13-10-8-12(9-11-13)16(22)20-14-6-4-5-7-15(14)21(24)25/h4-11H,1-3H3,(H,19,23)(H,20,22). The number of nitro groups is 1. The van der Waals surface area contributed by atoms with Gasteiger partial charge in [-0.25, -0.2) is 0 Å². The molecule has 0 fully saturated rings. The Hall–Kier alpha value is -3.22. The third-order valence-electron chi connectivity index (χ3n) is 3.44. The number of nitrogens with one attached hydrogen (secondary N) is 2. The normalized spacial score (nSPS) is 10.8. The highest BCUT2D eigenvalue weighted by molar-refractivity contribution is 6.05. The van der Waals surface area contributed by atoms with Crippen LogP contribution in [-0.4, -0.2) is 16.7 Å². The van der Waals surface area contributed by atoms with Crippen molar-refractivity contribution in [2.24, 2.45) is 5.41 Å². The topological polar surface area (TPSA) is 101 Å². The highest BCUT2D eigenvalue weighted by atomic mass is 16.6. The molecule has 0 atom stereocenters. The minimum atomic E-state index is -0.555. The van der Waals surface area contributed by atoms with Crippen molar-refractivity contribution in [3.63, 3.8) is 0 Å². The Morgan fingerprint density at radius 1 is 0.960 bits per heavy atom. The molecule has 0 spiro atoms. The Balaban J connectivity index is 2.11. The molecule has 7 heteroatoms. The summed E-state index contributed by atoms with van der Waals surface area (Å²) in [6, 6.07) is 12.2. The van der Waals surface area contributed by atoms with Crippen LogP contribution in [0, 0.1) is 15.5 Å². The van der Waals surface area contributed by atoms with Crippen LogP contribution in [0.5, 0.6) is 0 Å². The number of hydrogen-bond donors (Lipinski definition) is 2. The summed E-state index contributed by atoms with van der Waals surface area (Å²) in [7, 11) is 0. The van der Waals surface area contributed by atoms with E-state index < -0.39 is 16.2 Å². The van der Waals surface area contributed by atoms with Crippen LogP contribution in [-0.2, 0) is 4.79 Å². The molecule has 0 radical (unpaired) electrons. The molecule has 0 saturated heterocycles. The second-order valence-corrected chi connectivity index (χ2v) is 6.51. The predicted octanol–water partition coefficient (Wildman–Crippen LogP) is 3.83. The molecule has 2 amide bonds. The van der Waals surface area contributed by atoms with Gasteiger partial charge in [-0.3, -0.25) is 19.7 Å². The number of amides is 2. The highest BCUT2D eigenvalue weighted by Crippen LogP contribution is 2.24. The van der Waals surface area contributed by atoms with Gasteiger partial charge in [0.2, 0.25) is 5.91 Å². The molecule has 130 valence electrons. The van der Waals surface area contributed by atoms with E-state index in [1.54, 1.807) is 51.1 Å². The fourth-order valence-electron chi connectivity index (χ4n) is 1.96. The Morgan fingerprint density at radius 3 is 2.12 bits per heavy atom. The van der Waals surface area contributed by atoms with Crippen LogP contribution < -0.4 is 10.6 Å². The lowest BCUT2D eigenvalue weighted by molar-refractivity contribution is -0.383. The van der Waals surface area contributed by atoms with Crippen LogP contribution in [0.1, 0.15) is 31.1 Å². The number of nitro benzene ring substituents is 1. The summed E-state index contributed by atoms with van der Waals surface area (Å²) in [4.78, 5) is 34.6. The van der Waals surface area contributed by atoms with E-state index in [1.165, 1.54) is 18.2 Å². The molecule has 0 aliphatic rings. The Morgan fingerprint density at radius 2 is 1.56 bits per heavy atom. The molecular weight excluding hydrogens is 322 g/mol. The van der Waals surface area contributed by atoms with Gasteiger partial charge < -0.3 is 10.6 Å². The Labute approximate surface area is 145 Å². The summed E-state index contributed by atoms with van der Waals surface area (Å²) in [5.74, 6) is -0.604. The molecule has 0 aliphatic heterocycles. The van der Waals surface area contributed by atoms with Crippen molar-refractivity contribution in [3.8, 4) is 0 Å². The maximum atomic E-state index is 12.3. The van der Waals surface area contributed by atoms with Gasteiger partial charge in [-0.2, -0.15) is 0 Å². The largest absolute Gasteiger partial charge is 0.326 e. The van der Waals surface area contributed by atoms with Gasteiger partial charge in [-0.1, -0.05) is 32.9 Å². The van der Waals surface area contributed by atoms with Gasteiger partial charge in [-0.05, 0) is 30.3 Å². The SMILES string of the molecule is CC(C)(C)C(=O)Nc1ccc(C(=O)Nc2ccccc2[N+](=O)[O-])cc1. The maximum Gasteiger partial charge on any atom is 0.292 e. The molecule has 0 aromatic heterocycles. The fourth-order valence-corrected chi connectivity index (χ4v) is 1.96. The minimum absolute atomic E-state index is 0.127. The van der Waals surface area contributed by atoms with Crippen LogP contribution in [0.2, 0.25) is 0 Å². The number of carbonyl (C=O) groups excluding carboxylic acids is 2. The van der Waals surface area contributed by atoms with Gasteiger partial charge in [0.15, 0.2) is 0 Å². The van der Waals surface area contributed by atoms with E-state index in [-0.39, 0.29) is 17.3 Å². The van der Waals surface area contributed by atoms with Crippen LogP contribution >= 0.6 is 0 Å². The fraction of sp³-hybridized carbons (Fsp3) is 0.222. The molecule has 2 rings (SSSR count). The zero-order valence-electron chi connectivity index (χ0n) is 14.2. The average molecular weight is 341 g/mol. The molecular formula is C18H19N3O4. The summed E-state index contributed by atoms with van der Waals surface area (Å²) < 4.78 is 0. The molecule has 0 unspecified atom stereocenters. The average Bonchev–Trinajstić information content (AvgIpc) is 2.54. The predicted molar refractivity (Wildman–Crippen MR) is 95.6 cm³/mol. The Bertz CT molecular complexity index is 808. The number of carbonyl (C=O) groups is 2. The number of anilines is 2. The van der Waals surface area contributed by atoms with Gasteiger partial charge in [-0.15, -0.1) is 0 Å². The Kier molecular flexibility index (Phi) is 5.17. The van der Waals surface area contributed by atoms with Crippen molar-refractivity contribution in [1.29, 1.82) is 0 Å². The van der Waals surface area contributed by atoms with Gasteiger partial charge in [0.1, 0.15) is 5.69 Å². The molecule has 0 bridgehead atoms. The van der Waals surface area contributed by atoms with Gasteiger partial charge in [0, 0.05) is 22.7 Å². The minimum Gasteiger partial charge on any atom is -0.326 e. The summed E-state index contributed by atoms with van der Waals surface area (Å²) in [5, 5.41) is 16.3. The molecule has 25 heavy (non-hydrogen) atoms. The van der Waals surface area contributed by atoms with Crippen LogP contribution in [0.4, 0.5) is 17.1 Å². The first-order chi connectivity index (χ1) is 11.7. The van der Waals surface area contributed by atoms with Crippen LogP contribution in [0.25, 0.3) is 0 Å². The zero-order valence-corrected chi connectivity index (χ0v) is 14.2. The van der Waals surface area contributed by atoms with Crippen LogP contribution in [0.15, 0.2) is 48.5 Å². The zero-order chi connectivity index (χ0) is 18.6. The lowest BCUT2D eigenvalue weighted by atomic mass is 9.95. The smallest absolute Gasteiger partial charge is 0.292 e. The maximum absolute atomic E-state index is 12.3. The summed E-state index contributed by atoms with van der Waals surface area (Å²) in [6.45, 7) is 5.41. The molecule has 0 saturated carbocycles. The second-order valence-electron chi connectivity index (χ2n) is 6.51. The van der Waals surface area contributed by atoms with Gasteiger partial charge in [0.25, 0.3) is 11.6 Å². The summed E-state index contributed by atoms with van der Waals surface area (Å²) >= 11 is 0. The first-order valence-electron chi connectivity index (χ1n) is 7.65. The lowest BCUT2D eigenvalue weighted by Gasteiger charge is -2.17. The summed E-state index contributed by atoms with van der Waals surface area (Å²) in [5.41, 5.74) is 0.323. The van der Waals surface area contributed by atoms with Crippen molar-refractivity contribution in [2.75, 3.05) is 10.6 Å². The molecule has 2 aromatic rings. The first kappa shape index (κ1) is 18.1. The van der Waals surface area contributed by atoms with E-state index in [0.717, 1.165) is 0 Å². The molecule has 7 nitrogen and oxygen atoms in total. The monoisotopic (exact) mass is 341 g/mol. The lowest BCUT2D eigenvalue weighted by Crippen LogP contribution is -2.27. The molecule has 2 N–H and O–H groups in total. The first-order valence-corrected chi connectivity index (χ1v) is 7.65. The highest BCUT2D eigenvalue weighted by Gasteiger charge is 2.21. The van der Waals surface area contributed by atoms with E-state index in [1.807, 2.05) is 0 Å². The number of nitrogens with zero attached hydrogens (tertiary/aromatic N) is 1. The van der Waals surface area contributed by atoms with Crippen molar-refractivity contribution in [2.45, 2.75) is 20.8 Å². The van der Waals surface area contributed by atoms with E-state index in [0.29, 0.717) is 11.3 Å². The van der Waals surface area contributed by atoms with Crippen molar-refractivity contribution >= 4 is 28.9 Å². The molecule has 2 aromatic carbocycles. The van der Waals surface area contributed by atoms with Crippen molar-refractivity contribution < 1.29 is 14.5 Å². The quantitative estimate of drug-likeness (QED) is 0.651. The van der Waals surface area contributed by atoms with Gasteiger partial charge >= 0.3 is 0 Å². The van der Waals surface area contributed by atoms with E-state index in [2.05, 4.69) is 10.6 Å². The number of benzene rings is 2. The van der Waals surface area contributed by atoms with E-state index in [9.17, 15) is 19.7 Å². The molecule has 0 heterocycles. The van der Waals surface area contributed by atoms with Crippen LogP contribution in [0.3, 0.4) is 0 Å². The van der Waals surface area contributed by atoms with E-state index in [4.69, 9.17) is 0 Å². The summed E-state index contributed by atoms with van der Waals surface area (Å²) in [6.07, 6.45) is 0. The van der Waals surface area contributed by atoms with Crippen molar-refractivity contribution in [1.82, 2.24) is 0 Å². The number of para-hydroxylation sites is 2. The number of rotatable bonds is 4. The number of hydrogen-bond acceptors (Lipinski definition) is 4. The third kappa shape index (κ3) is 4.63. The van der Waals surface area contributed by atoms with E-state index >= 15 is 0 Å². The third-order valence-corrected chi connectivity index (χ3v) is 3.44. The second kappa shape index (κ2) is 7.12.